The summed E-state index contributed by atoms with van der Waals surface area (Å²) in [5, 5.41) is 6.05. The number of rotatable bonds is 9. The molecule has 6 nitrogen and oxygen atoms in total. The third-order valence-electron chi connectivity index (χ3n) is 5.20. The second-order valence-electron chi connectivity index (χ2n) is 7.53. The largest absolute Gasteiger partial charge is 0.496 e. The number of amides is 2. The molecular weight excluding hydrogens is 342 g/mol. The number of carbonyl (C=O) groups is 2. The molecule has 0 unspecified atom stereocenters. The van der Waals surface area contributed by atoms with E-state index in [0.717, 1.165) is 56.5 Å². The minimum atomic E-state index is -0.00232. The Morgan fingerprint density at radius 1 is 1.04 bits per heavy atom. The quantitative estimate of drug-likeness (QED) is 0.649. The van der Waals surface area contributed by atoms with Crippen LogP contribution in [-0.4, -0.2) is 51.0 Å². The summed E-state index contributed by atoms with van der Waals surface area (Å²) in [7, 11) is 5.69. The van der Waals surface area contributed by atoms with Crippen LogP contribution >= 0.6 is 0 Å². The highest BCUT2D eigenvalue weighted by molar-refractivity contribution is 5.81. The first-order valence-corrected chi connectivity index (χ1v) is 9.83. The summed E-state index contributed by atoms with van der Waals surface area (Å²) in [5.41, 5.74) is 0.971. The van der Waals surface area contributed by atoms with E-state index in [1.165, 1.54) is 0 Å². The van der Waals surface area contributed by atoms with Crippen molar-refractivity contribution in [2.24, 2.45) is 11.8 Å². The number of ether oxygens (including phenoxy) is 1. The van der Waals surface area contributed by atoms with E-state index in [4.69, 9.17) is 4.74 Å². The molecule has 0 bridgehead atoms. The number of nitrogens with one attached hydrogen (secondary N) is 2. The maximum atomic E-state index is 12.5. The Morgan fingerprint density at radius 3 is 2.22 bits per heavy atom. The van der Waals surface area contributed by atoms with E-state index in [1.807, 2.05) is 38.4 Å². The Bertz CT molecular complexity index is 610. The summed E-state index contributed by atoms with van der Waals surface area (Å²) in [4.78, 5) is 26.8. The lowest BCUT2D eigenvalue weighted by Crippen LogP contribution is -2.38. The first kappa shape index (κ1) is 21.2. The number of nitrogens with zero attached hydrogens (tertiary/aromatic N) is 1. The molecule has 0 spiro atoms. The van der Waals surface area contributed by atoms with Crippen LogP contribution in [0.3, 0.4) is 0 Å². The number of para-hydroxylation sites is 1. The normalized spacial score (nSPS) is 19.6. The van der Waals surface area contributed by atoms with Crippen molar-refractivity contribution < 1.29 is 14.3 Å². The van der Waals surface area contributed by atoms with Crippen LogP contribution in [0.25, 0.3) is 0 Å². The van der Waals surface area contributed by atoms with Gasteiger partial charge in [0.05, 0.1) is 7.11 Å². The van der Waals surface area contributed by atoms with Gasteiger partial charge in [-0.1, -0.05) is 18.2 Å². The first-order chi connectivity index (χ1) is 13.0. The summed E-state index contributed by atoms with van der Waals surface area (Å²) in [6, 6.07) is 7.70. The number of methoxy groups -OCH3 is 1. The third kappa shape index (κ3) is 6.86. The zero-order chi connectivity index (χ0) is 19.6. The Kier molecular flexibility index (Phi) is 8.58. The van der Waals surface area contributed by atoms with Crippen LogP contribution in [0.2, 0.25) is 0 Å². The summed E-state index contributed by atoms with van der Waals surface area (Å²) in [6.45, 7) is 2.16. The van der Waals surface area contributed by atoms with E-state index in [1.54, 1.807) is 7.11 Å². The molecule has 6 heteroatoms. The fourth-order valence-electron chi connectivity index (χ4n) is 3.54. The minimum absolute atomic E-state index is 0.00232. The summed E-state index contributed by atoms with van der Waals surface area (Å²) >= 11 is 0. The van der Waals surface area contributed by atoms with Gasteiger partial charge in [-0.15, -0.1) is 0 Å². The molecule has 0 atom stereocenters. The van der Waals surface area contributed by atoms with E-state index in [-0.39, 0.29) is 23.7 Å². The van der Waals surface area contributed by atoms with Gasteiger partial charge in [0, 0.05) is 30.5 Å². The Labute approximate surface area is 162 Å². The summed E-state index contributed by atoms with van der Waals surface area (Å²) < 4.78 is 5.32. The Balaban J connectivity index is 1.70. The highest BCUT2D eigenvalue weighted by atomic mass is 16.5. The molecule has 1 fully saturated rings. The van der Waals surface area contributed by atoms with Crippen LogP contribution in [0.4, 0.5) is 0 Å². The second kappa shape index (κ2) is 10.9. The predicted molar refractivity (Wildman–Crippen MR) is 106 cm³/mol. The molecule has 1 saturated carbocycles. The van der Waals surface area contributed by atoms with Crippen molar-refractivity contribution in [3.05, 3.63) is 29.8 Å². The Morgan fingerprint density at radius 2 is 1.63 bits per heavy atom. The van der Waals surface area contributed by atoms with Gasteiger partial charge in [-0.05, 0) is 58.8 Å². The molecule has 1 aromatic carbocycles. The molecule has 1 aliphatic carbocycles. The monoisotopic (exact) mass is 375 g/mol. The molecule has 1 aromatic rings. The third-order valence-corrected chi connectivity index (χ3v) is 5.20. The van der Waals surface area contributed by atoms with Crippen LogP contribution in [0, 0.1) is 11.8 Å². The van der Waals surface area contributed by atoms with Crippen LogP contribution < -0.4 is 15.4 Å². The van der Waals surface area contributed by atoms with Crippen LogP contribution in [0.5, 0.6) is 5.75 Å². The summed E-state index contributed by atoms with van der Waals surface area (Å²) in [6.07, 6.45) is 4.07. The average Bonchev–Trinajstić information content (AvgIpc) is 2.69. The SMILES string of the molecule is COc1ccccc1CNC(=O)C1CCC(C(=O)NCCCN(C)C)CC1. The smallest absolute Gasteiger partial charge is 0.223 e. The molecular formula is C21H33N3O3. The first-order valence-electron chi connectivity index (χ1n) is 9.83. The van der Waals surface area contributed by atoms with Crippen molar-refractivity contribution in [2.75, 3.05) is 34.3 Å². The molecule has 0 radical (unpaired) electrons. The molecule has 150 valence electrons. The lowest BCUT2D eigenvalue weighted by Gasteiger charge is -2.27. The van der Waals surface area contributed by atoms with E-state index in [0.29, 0.717) is 6.54 Å². The van der Waals surface area contributed by atoms with Gasteiger partial charge >= 0.3 is 0 Å². The number of hydrogen-bond donors (Lipinski definition) is 2. The van der Waals surface area contributed by atoms with Crippen molar-refractivity contribution in [3.8, 4) is 5.75 Å². The Hall–Kier alpha value is -2.08. The highest BCUT2D eigenvalue weighted by Gasteiger charge is 2.29. The maximum Gasteiger partial charge on any atom is 0.223 e. The van der Waals surface area contributed by atoms with Crippen LogP contribution in [0.15, 0.2) is 24.3 Å². The molecule has 0 saturated heterocycles. The summed E-state index contributed by atoms with van der Waals surface area (Å²) in [5.74, 6) is 1.04. The van der Waals surface area contributed by atoms with Gasteiger partial charge in [0.25, 0.3) is 0 Å². The van der Waals surface area contributed by atoms with Crippen molar-refractivity contribution >= 4 is 11.8 Å². The van der Waals surface area contributed by atoms with E-state index in [2.05, 4.69) is 15.5 Å². The zero-order valence-corrected chi connectivity index (χ0v) is 16.8. The van der Waals surface area contributed by atoms with Crippen molar-refractivity contribution in [1.82, 2.24) is 15.5 Å². The molecule has 2 rings (SSSR count). The van der Waals surface area contributed by atoms with Gasteiger partial charge in [-0.3, -0.25) is 9.59 Å². The van der Waals surface area contributed by atoms with Crippen molar-refractivity contribution in [1.29, 1.82) is 0 Å². The zero-order valence-electron chi connectivity index (χ0n) is 16.8. The van der Waals surface area contributed by atoms with Crippen LogP contribution in [-0.2, 0) is 16.1 Å². The molecule has 27 heavy (non-hydrogen) atoms. The number of benzene rings is 1. The van der Waals surface area contributed by atoms with E-state index in [9.17, 15) is 9.59 Å². The van der Waals surface area contributed by atoms with Gasteiger partial charge < -0.3 is 20.3 Å². The van der Waals surface area contributed by atoms with Crippen LogP contribution in [0.1, 0.15) is 37.7 Å². The highest BCUT2D eigenvalue weighted by Crippen LogP contribution is 2.29. The standard InChI is InChI=1S/C21H33N3O3/c1-24(2)14-6-13-22-20(25)16-9-11-17(12-10-16)21(26)23-15-18-7-4-5-8-19(18)27-3/h4-5,7-8,16-17H,6,9-15H2,1-3H3,(H,22,25)(H,23,26). The molecule has 0 heterocycles. The topological polar surface area (TPSA) is 70.7 Å². The van der Waals surface area contributed by atoms with E-state index < -0.39 is 0 Å². The lowest BCUT2D eigenvalue weighted by molar-refractivity contribution is -0.130. The lowest BCUT2D eigenvalue weighted by atomic mass is 9.81. The van der Waals surface area contributed by atoms with Gasteiger partial charge in [0.15, 0.2) is 0 Å². The second-order valence-corrected chi connectivity index (χ2v) is 7.53. The van der Waals surface area contributed by atoms with Gasteiger partial charge in [0.2, 0.25) is 11.8 Å². The fraction of sp³-hybridized carbons (Fsp3) is 0.619. The average molecular weight is 376 g/mol. The molecule has 2 amide bonds. The van der Waals surface area contributed by atoms with Crippen molar-refractivity contribution in [2.45, 2.75) is 38.6 Å². The van der Waals surface area contributed by atoms with Gasteiger partial charge in [-0.2, -0.15) is 0 Å². The van der Waals surface area contributed by atoms with Crippen molar-refractivity contribution in [3.63, 3.8) is 0 Å². The fourth-order valence-corrected chi connectivity index (χ4v) is 3.54. The predicted octanol–water partition coefficient (Wildman–Crippen LogP) is 2.19. The molecule has 1 aliphatic rings. The molecule has 0 aromatic heterocycles. The molecule has 0 aliphatic heterocycles. The van der Waals surface area contributed by atoms with E-state index >= 15 is 0 Å². The van der Waals surface area contributed by atoms with Gasteiger partial charge in [-0.25, -0.2) is 0 Å². The number of carbonyl (C=O) groups excluding carboxylic acids is 2. The number of hydrogen-bond acceptors (Lipinski definition) is 4. The minimum Gasteiger partial charge on any atom is -0.496 e. The molecule has 2 N–H and O–H groups in total. The van der Waals surface area contributed by atoms with Gasteiger partial charge in [0.1, 0.15) is 5.75 Å². The maximum absolute atomic E-state index is 12.5.